The summed E-state index contributed by atoms with van der Waals surface area (Å²) >= 11 is 0. The second-order valence-electron chi connectivity index (χ2n) is 12.8. The van der Waals surface area contributed by atoms with Gasteiger partial charge in [0, 0.05) is 5.56 Å². The van der Waals surface area contributed by atoms with Crippen molar-refractivity contribution in [1.82, 2.24) is 4.98 Å². The van der Waals surface area contributed by atoms with E-state index in [2.05, 4.69) is 11.6 Å². The van der Waals surface area contributed by atoms with Gasteiger partial charge >= 0.3 is 0 Å². The normalized spacial score (nSPS) is 11.4. The molecule has 0 spiro atoms. The van der Waals surface area contributed by atoms with Crippen LogP contribution in [-0.4, -0.2) is 16.9 Å². The van der Waals surface area contributed by atoms with Gasteiger partial charge in [0.25, 0.3) is 0 Å². The number of aromatic nitrogens is 2. The number of allylic oxidation sites excluding steroid dienone is 1. The molecular formula is C39H15BF20N2O. The summed E-state index contributed by atoms with van der Waals surface area (Å²) in [5.74, 6) is -71.3. The van der Waals surface area contributed by atoms with Crippen LogP contribution in [0.2, 0.25) is 0 Å². The molecule has 63 heavy (non-hydrogen) atoms. The highest BCUT2D eigenvalue weighted by Gasteiger charge is 2.52. The molecule has 0 aliphatic heterocycles. The number of hydrogen-bond acceptors (Lipinski definition) is 2. The second kappa shape index (κ2) is 17.9. The van der Waals surface area contributed by atoms with Crippen LogP contribution in [0.1, 0.15) is 16.1 Å². The quantitative estimate of drug-likeness (QED) is 0.0282. The van der Waals surface area contributed by atoms with Crippen molar-refractivity contribution in [2.45, 2.75) is 13.0 Å². The lowest BCUT2D eigenvalue weighted by Gasteiger charge is -2.44. The summed E-state index contributed by atoms with van der Waals surface area (Å²) in [6.45, 7) is 4.04. The average Bonchev–Trinajstić information content (AvgIpc) is 3.27. The predicted octanol–water partition coefficient (Wildman–Crippen LogP) is 7.83. The van der Waals surface area contributed by atoms with Gasteiger partial charge in [-0.05, 0) is 0 Å². The molecule has 0 saturated carbocycles. The van der Waals surface area contributed by atoms with E-state index in [0.717, 1.165) is 11.3 Å². The van der Waals surface area contributed by atoms with E-state index in [-0.39, 0.29) is 5.78 Å². The minimum absolute atomic E-state index is 0.0945. The summed E-state index contributed by atoms with van der Waals surface area (Å²) in [5.41, 5.74) is -12.6. The summed E-state index contributed by atoms with van der Waals surface area (Å²) in [6, 6.07) is 9.30. The zero-order valence-electron chi connectivity index (χ0n) is 30.3. The standard InChI is InChI=1S/C24BF20.C15H15N2O/c26-5-1(6(27)14(35)21(42)13(5)34)25(2-7(28)15(36)22(43)16(37)8(2)29,3-9(30)17(38)23(44)18(39)10(3)31)4-11(32)19(40)24(45)20(41)12(4)33;1-2-6-14-11-16-9-10-17(14)12-15(18)13-7-4-3-5-8-13/h;2-5,7-11H,1,6,12H2/q-1;+1. The highest BCUT2D eigenvalue weighted by molar-refractivity contribution is 7.20. The molecule has 24 heteroatoms. The fourth-order valence-corrected chi connectivity index (χ4v) is 6.63. The Kier molecular flexibility index (Phi) is 13.5. The van der Waals surface area contributed by atoms with E-state index < -0.39 is 144 Å². The van der Waals surface area contributed by atoms with Crippen LogP contribution in [0, 0.1) is 116 Å². The van der Waals surface area contributed by atoms with Crippen LogP contribution in [0.25, 0.3) is 0 Å². The first-order chi connectivity index (χ1) is 29.5. The number of carbonyl (C=O) groups is 1. The van der Waals surface area contributed by atoms with E-state index in [1.807, 2.05) is 41.1 Å². The van der Waals surface area contributed by atoms with Crippen LogP contribution < -0.4 is 26.4 Å². The van der Waals surface area contributed by atoms with Crippen LogP contribution in [0.3, 0.4) is 0 Å². The lowest BCUT2D eigenvalue weighted by Crippen LogP contribution is -2.81. The van der Waals surface area contributed by atoms with Crippen LogP contribution in [0.4, 0.5) is 87.8 Å². The zero-order chi connectivity index (χ0) is 47.2. The molecule has 0 unspecified atom stereocenters. The molecule has 5 aromatic carbocycles. The van der Waals surface area contributed by atoms with Crippen molar-refractivity contribution in [3.8, 4) is 0 Å². The molecule has 0 radical (unpaired) electrons. The first-order valence-corrected chi connectivity index (χ1v) is 16.8. The highest BCUT2D eigenvalue weighted by atomic mass is 19.2. The Labute approximate surface area is 338 Å². The van der Waals surface area contributed by atoms with Crippen molar-refractivity contribution in [2.75, 3.05) is 0 Å². The average molecular weight is 918 g/mol. The summed E-state index contributed by atoms with van der Waals surface area (Å²) in [6.07, 6.45) is 0.562. The van der Waals surface area contributed by atoms with E-state index in [9.17, 15) is 57.5 Å². The number of hydrogen-bond donors (Lipinski definition) is 0. The molecule has 0 atom stereocenters. The molecule has 1 aromatic heterocycles. The maximum Gasteiger partial charge on any atom is 0.227 e. The number of benzene rings is 5. The number of halogens is 20. The Morgan fingerprint density at radius 2 is 0.762 bits per heavy atom. The molecule has 0 bridgehead atoms. The molecule has 0 saturated heterocycles. The first-order valence-electron chi connectivity index (χ1n) is 16.8. The van der Waals surface area contributed by atoms with E-state index in [4.69, 9.17) is 0 Å². The number of rotatable bonds is 9. The fraction of sp³-hybridized carbons (Fsp3) is 0.0513. The minimum atomic E-state index is -7.22. The van der Waals surface area contributed by atoms with Crippen molar-refractivity contribution >= 4 is 33.8 Å². The SMILES string of the molecule is C=CCc1cncc[n+]1CC(=O)c1ccccc1.Fc1c(F)c(F)c([B-](c2c(F)c(F)c(F)c(F)c2F)(c2c(F)c(F)c(F)c(F)c2F)c2c(F)c(F)c(F)c(F)c2F)c(F)c1F. The van der Waals surface area contributed by atoms with E-state index in [0.29, 0.717) is 13.0 Å². The van der Waals surface area contributed by atoms with Gasteiger partial charge in [0.05, 0.1) is 18.8 Å². The van der Waals surface area contributed by atoms with E-state index in [1.54, 1.807) is 18.5 Å². The number of Topliss-reactive ketones (excluding diaryl/α,β-unsaturated/α-hetero) is 1. The summed E-state index contributed by atoms with van der Waals surface area (Å²) in [7, 11) is 0. The number of ketones is 1. The first kappa shape index (κ1) is 47.3. The van der Waals surface area contributed by atoms with Crippen LogP contribution in [0.5, 0.6) is 0 Å². The largest absolute Gasteiger partial charge is 0.287 e. The number of nitrogens with zero attached hydrogens (tertiary/aromatic N) is 2. The predicted molar refractivity (Wildman–Crippen MR) is 178 cm³/mol. The summed E-state index contributed by atoms with van der Waals surface area (Å²) in [5, 5.41) is 0. The van der Waals surface area contributed by atoms with Gasteiger partial charge < -0.3 is 0 Å². The maximum absolute atomic E-state index is 15.4. The fourth-order valence-electron chi connectivity index (χ4n) is 6.63. The third-order valence-corrected chi connectivity index (χ3v) is 9.40. The van der Waals surface area contributed by atoms with Crippen molar-refractivity contribution in [1.29, 1.82) is 0 Å². The van der Waals surface area contributed by atoms with Gasteiger partial charge in [-0.25, -0.2) is 87.8 Å². The Bertz CT molecular complexity index is 2460. The van der Waals surface area contributed by atoms with Crippen LogP contribution in [0.15, 0.2) is 61.6 Å². The molecule has 0 amide bonds. The Balaban J connectivity index is 0.000000345. The van der Waals surface area contributed by atoms with Crippen molar-refractivity contribution in [3.63, 3.8) is 0 Å². The second-order valence-corrected chi connectivity index (χ2v) is 12.8. The third kappa shape index (κ3) is 7.64. The molecule has 0 N–H and O–H groups in total. The van der Waals surface area contributed by atoms with Crippen molar-refractivity contribution < 1.29 is 97.2 Å². The van der Waals surface area contributed by atoms with Crippen molar-refractivity contribution in [2.24, 2.45) is 0 Å². The van der Waals surface area contributed by atoms with E-state index >= 15 is 35.1 Å². The molecule has 1 heterocycles. The monoisotopic (exact) mass is 918 g/mol. The molecule has 3 nitrogen and oxygen atoms in total. The topological polar surface area (TPSA) is 33.8 Å². The zero-order valence-corrected chi connectivity index (χ0v) is 30.3. The van der Waals surface area contributed by atoms with Gasteiger partial charge in [0.15, 0.2) is 76.0 Å². The molecule has 6 aromatic rings. The van der Waals surface area contributed by atoms with E-state index in [1.165, 1.54) is 0 Å². The Hall–Kier alpha value is -6.75. The van der Waals surface area contributed by atoms with Gasteiger partial charge in [-0.1, -0.05) is 36.4 Å². The van der Waals surface area contributed by atoms with Gasteiger partial charge in [-0.15, -0.1) is 28.4 Å². The molecular weight excluding hydrogens is 903 g/mol. The van der Waals surface area contributed by atoms with Gasteiger partial charge in [0.2, 0.25) is 18.0 Å². The van der Waals surface area contributed by atoms with Gasteiger partial charge in [0.1, 0.15) is 52.7 Å². The summed E-state index contributed by atoms with van der Waals surface area (Å²) in [4.78, 5) is 16.2. The lowest BCUT2D eigenvalue weighted by atomic mass is 9.12. The van der Waals surface area contributed by atoms with Crippen LogP contribution in [-0.2, 0) is 13.0 Å². The minimum Gasteiger partial charge on any atom is -0.287 e. The van der Waals surface area contributed by atoms with Crippen molar-refractivity contribution in [3.05, 3.63) is 189 Å². The van der Waals surface area contributed by atoms with Crippen LogP contribution >= 0.6 is 0 Å². The van der Waals surface area contributed by atoms with Gasteiger partial charge in [-0.3, -0.25) is 9.78 Å². The molecule has 6 rings (SSSR count). The maximum atomic E-state index is 15.4. The molecule has 330 valence electrons. The molecule has 0 fully saturated rings. The number of carbonyl (C=O) groups excluding carboxylic acids is 1. The lowest BCUT2D eigenvalue weighted by molar-refractivity contribution is -0.690. The Morgan fingerprint density at radius 3 is 1.05 bits per heavy atom. The highest BCUT2D eigenvalue weighted by Crippen LogP contribution is 2.30. The Morgan fingerprint density at radius 1 is 0.476 bits per heavy atom. The summed E-state index contributed by atoms with van der Waals surface area (Å²) < 4.78 is 296. The van der Waals surface area contributed by atoms with Gasteiger partial charge in [-0.2, -0.15) is 4.57 Å². The molecule has 0 aliphatic rings. The molecule has 0 aliphatic carbocycles. The smallest absolute Gasteiger partial charge is 0.227 e. The third-order valence-electron chi connectivity index (χ3n) is 9.40.